The first-order valence-electron chi connectivity index (χ1n) is 6.53. The SMILES string of the molecule is CCOCC.O=C(O)CC1=NS(=O)(=O)c2cc(O)ccc2N1. The fraction of sp³-hybridized carbons (Fsp3) is 0.385. The molecule has 122 valence electrons. The molecule has 22 heavy (non-hydrogen) atoms. The van der Waals surface area contributed by atoms with E-state index in [1.165, 1.54) is 12.1 Å². The van der Waals surface area contributed by atoms with E-state index in [1.807, 2.05) is 13.8 Å². The molecule has 0 fully saturated rings. The van der Waals surface area contributed by atoms with Crippen LogP contribution in [0.3, 0.4) is 0 Å². The second-order valence-corrected chi connectivity index (χ2v) is 5.74. The first-order valence-corrected chi connectivity index (χ1v) is 7.97. The Morgan fingerprint density at radius 1 is 1.32 bits per heavy atom. The Morgan fingerprint density at radius 2 is 1.95 bits per heavy atom. The van der Waals surface area contributed by atoms with E-state index in [-0.39, 0.29) is 22.2 Å². The number of carboxylic acids is 1. The van der Waals surface area contributed by atoms with Gasteiger partial charge < -0.3 is 20.3 Å². The lowest BCUT2D eigenvalue weighted by atomic mass is 10.3. The molecule has 1 aromatic rings. The van der Waals surface area contributed by atoms with Crippen molar-refractivity contribution in [2.75, 3.05) is 18.5 Å². The molecule has 1 aliphatic heterocycles. The molecule has 0 radical (unpaired) electrons. The zero-order valence-corrected chi connectivity index (χ0v) is 13.1. The minimum Gasteiger partial charge on any atom is -0.508 e. The summed E-state index contributed by atoms with van der Waals surface area (Å²) in [5, 5.41) is 20.4. The maximum atomic E-state index is 11.7. The molecule has 9 heteroatoms. The highest BCUT2D eigenvalue weighted by molar-refractivity contribution is 7.90. The van der Waals surface area contributed by atoms with E-state index in [0.717, 1.165) is 19.3 Å². The van der Waals surface area contributed by atoms with Crippen LogP contribution in [0.4, 0.5) is 5.69 Å². The smallest absolute Gasteiger partial charge is 0.311 e. The molecule has 0 saturated heterocycles. The van der Waals surface area contributed by atoms with Crippen LogP contribution in [-0.4, -0.2) is 43.6 Å². The quantitative estimate of drug-likeness (QED) is 0.713. The monoisotopic (exact) mass is 330 g/mol. The fourth-order valence-corrected chi connectivity index (χ4v) is 2.79. The second-order valence-electron chi connectivity index (χ2n) is 4.17. The van der Waals surface area contributed by atoms with Gasteiger partial charge in [-0.25, -0.2) is 0 Å². The Bertz CT molecular complexity index is 667. The fourth-order valence-electron chi connectivity index (χ4n) is 1.62. The van der Waals surface area contributed by atoms with Crippen molar-refractivity contribution in [1.29, 1.82) is 0 Å². The van der Waals surface area contributed by atoms with Gasteiger partial charge in [0.1, 0.15) is 22.9 Å². The number of sulfonamides is 1. The van der Waals surface area contributed by atoms with E-state index < -0.39 is 22.4 Å². The molecule has 0 aliphatic carbocycles. The van der Waals surface area contributed by atoms with Crippen molar-refractivity contribution < 1.29 is 28.2 Å². The van der Waals surface area contributed by atoms with Crippen LogP contribution in [0.15, 0.2) is 27.5 Å². The van der Waals surface area contributed by atoms with E-state index in [1.54, 1.807) is 0 Å². The van der Waals surface area contributed by atoms with E-state index in [0.29, 0.717) is 0 Å². The van der Waals surface area contributed by atoms with Crippen LogP contribution in [0.2, 0.25) is 0 Å². The van der Waals surface area contributed by atoms with Gasteiger partial charge in [-0.2, -0.15) is 8.42 Å². The number of carboxylic acid groups (broad SMARTS) is 1. The van der Waals surface area contributed by atoms with Crippen molar-refractivity contribution in [3.05, 3.63) is 18.2 Å². The van der Waals surface area contributed by atoms with Crippen LogP contribution in [0.5, 0.6) is 5.75 Å². The van der Waals surface area contributed by atoms with Crippen LogP contribution >= 0.6 is 0 Å². The van der Waals surface area contributed by atoms with Gasteiger partial charge in [-0.3, -0.25) is 4.79 Å². The average molecular weight is 330 g/mol. The number of aromatic hydroxyl groups is 1. The number of hydrogen-bond acceptors (Lipinski definition) is 6. The van der Waals surface area contributed by atoms with Crippen molar-refractivity contribution in [2.24, 2.45) is 4.40 Å². The topological polar surface area (TPSA) is 125 Å². The molecule has 3 N–H and O–H groups in total. The van der Waals surface area contributed by atoms with Gasteiger partial charge in [-0.15, -0.1) is 4.40 Å². The van der Waals surface area contributed by atoms with Crippen LogP contribution in [0.1, 0.15) is 20.3 Å². The molecule has 1 heterocycles. The number of amidine groups is 1. The van der Waals surface area contributed by atoms with E-state index in [4.69, 9.17) is 9.84 Å². The average Bonchev–Trinajstić information content (AvgIpc) is 2.40. The molecule has 0 unspecified atom stereocenters. The highest BCUT2D eigenvalue weighted by Gasteiger charge is 2.26. The number of nitrogens with zero attached hydrogens (tertiary/aromatic N) is 1. The molecule has 0 amide bonds. The van der Waals surface area contributed by atoms with Crippen LogP contribution < -0.4 is 5.32 Å². The number of rotatable bonds is 4. The summed E-state index contributed by atoms with van der Waals surface area (Å²) in [6.07, 6.45) is -0.514. The summed E-state index contributed by atoms with van der Waals surface area (Å²) in [6, 6.07) is 3.70. The number of phenols is 1. The highest BCUT2D eigenvalue weighted by atomic mass is 32.2. The van der Waals surface area contributed by atoms with Gasteiger partial charge in [-0.05, 0) is 26.0 Å². The Kier molecular flexibility index (Phi) is 6.32. The lowest BCUT2D eigenvalue weighted by Crippen LogP contribution is -2.23. The third-order valence-corrected chi connectivity index (χ3v) is 3.83. The molecule has 1 aliphatic rings. The summed E-state index contributed by atoms with van der Waals surface area (Å²) in [5.74, 6) is -1.55. The second kappa shape index (κ2) is 7.76. The number of benzene rings is 1. The molecule has 0 atom stereocenters. The van der Waals surface area contributed by atoms with Crippen molar-refractivity contribution in [1.82, 2.24) is 0 Å². The van der Waals surface area contributed by atoms with Gasteiger partial charge in [0, 0.05) is 19.3 Å². The standard InChI is InChI=1S/C9H8N2O5S.C4H10O/c12-5-1-2-6-7(3-5)17(15,16)11-8(10-6)4-9(13)14;1-3-5-4-2/h1-3,12H,4H2,(H,10,11)(H,13,14);3-4H2,1-2H3. The number of fused-ring (bicyclic) bond motifs is 1. The van der Waals surface area contributed by atoms with Crippen LogP contribution in [0.25, 0.3) is 0 Å². The third-order valence-electron chi connectivity index (χ3n) is 2.48. The highest BCUT2D eigenvalue weighted by Crippen LogP contribution is 2.30. The summed E-state index contributed by atoms with van der Waals surface area (Å²) >= 11 is 0. The van der Waals surface area contributed by atoms with Crippen molar-refractivity contribution in [3.63, 3.8) is 0 Å². The van der Waals surface area contributed by atoms with Crippen molar-refractivity contribution in [2.45, 2.75) is 25.2 Å². The van der Waals surface area contributed by atoms with Gasteiger partial charge in [0.05, 0.1) is 5.69 Å². The van der Waals surface area contributed by atoms with E-state index in [2.05, 4.69) is 9.71 Å². The maximum absolute atomic E-state index is 11.7. The number of anilines is 1. The van der Waals surface area contributed by atoms with Crippen LogP contribution in [0, 0.1) is 0 Å². The molecule has 0 saturated carbocycles. The zero-order chi connectivity index (χ0) is 16.8. The summed E-state index contributed by atoms with van der Waals surface area (Å²) in [4.78, 5) is 10.3. The Morgan fingerprint density at radius 3 is 2.45 bits per heavy atom. The minimum absolute atomic E-state index is 0.157. The summed E-state index contributed by atoms with van der Waals surface area (Å²) in [7, 11) is -3.96. The lowest BCUT2D eigenvalue weighted by Gasteiger charge is -2.17. The van der Waals surface area contributed by atoms with Gasteiger partial charge in [-0.1, -0.05) is 0 Å². The number of hydrogen-bond donors (Lipinski definition) is 3. The first kappa shape index (κ1) is 17.9. The molecule has 0 bridgehead atoms. The number of aliphatic carboxylic acids is 1. The maximum Gasteiger partial charge on any atom is 0.311 e. The molecule has 1 aromatic carbocycles. The molecule has 2 rings (SSSR count). The third kappa shape index (κ3) is 5.01. The molecular formula is C13H18N2O6S. The van der Waals surface area contributed by atoms with E-state index in [9.17, 15) is 18.3 Å². The van der Waals surface area contributed by atoms with Crippen molar-refractivity contribution in [3.8, 4) is 5.75 Å². The van der Waals surface area contributed by atoms with Gasteiger partial charge in [0.15, 0.2) is 0 Å². The predicted molar refractivity (Wildman–Crippen MR) is 80.8 cm³/mol. The van der Waals surface area contributed by atoms with E-state index >= 15 is 0 Å². The van der Waals surface area contributed by atoms with Gasteiger partial charge in [0.2, 0.25) is 0 Å². The minimum atomic E-state index is -3.96. The summed E-state index contributed by atoms with van der Waals surface area (Å²) in [5.41, 5.74) is 0.203. The Balaban J connectivity index is 0.000000422. The van der Waals surface area contributed by atoms with Crippen molar-refractivity contribution >= 4 is 27.5 Å². The Hall–Kier alpha value is -2.13. The van der Waals surface area contributed by atoms with Crippen LogP contribution in [-0.2, 0) is 19.6 Å². The Labute approximate surface area is 128 Å². The number of nitrogens with one attached hydrogen (secondary N) is 1. The van der Waals surface area contributed by atoms with Gasteiger partial charge >= 0.3 is 5.97 Å². The van der Waals surface area contributed by atoms with Gasteiger partial charge in [0.25, 0.3) is 10.0 Å². The molecular weight excluding hydrogens is 312 g/mol. The molecule has 0 spiro atoms. The number of phenolic OH excluding ortho intramolecular Hbond substituents is 1. The summed E-state index contributed by atoms with van der Waals surface area (Å²) in [6.45, 7) is 5.67. The zero-order valence-electron chi connectivity index (χ0n) is 12.2. The first-order chi connectivity index (χ1) is 10.3. The number of ether oxygens (including phenoxy) is 1. The summed E-state index contributed by atoms with van der Waals surface area (Å²) < 4.78 is 31.5. The predicted octanol–water partition coefficient (Wildman–Crippen LogP) is 1.42. The molecule has 0 aromatic heterocycles. The lowest BCUT2D eigenvalue weighted by molar-refractivity contribution is -0.135. The largest absolute Gasteiger partial charge is 0.508 e. The number of carbonyl (C=O) groups is 1. The molecule has 8 nitrogen and oxygen atoms in total. The normalized spacial score (nSPS) is 14.7.